The minimum atomic E-state index is -5.96. The standard InChI is InChI=1S/C9H10F7I/c1-2-3-4-6(17)5-7(10,8(11,12)13)9(14,15)16/h2,6H,1,3-5H2. The minimum absolute atomic E-state index is 0.0158. The lowest BCUT2D eigenvalue weighted by Gasteiger charge is -2.31. The fourth-order valence-corrected chi connectivity index (χ4v) is 2.06. The SMILES string of the molecule is C=CCCC(I)CC(F)(C(F)(F)F)C(F)(F)F. The fraction of sp³-hybridized carbons (Fsp3) is 0.778. The Morgan fingerprint density at radius 1 is 1.00 bits per heavy atom. The smallest absolute Gasteiger partial charge is 0.224 e. The molecule has 0 fully saturated rings. The molecule has 0 saturated heterocycles. The molecule has 0 aliphatic carbocycles. The third-order valence-corrected chi connectivity index (χ3v) is 3.15. The minimum Gasteiger partial charge on any atom is -0.224 e. The summed E-state index contributed by atoms with van der Waals surface area (Å²) in [5.41, 5.74) is -5.15. The van der Waals surface area contributed by atoms with Crippen molar-refractivity contribution in [1.82, 2.24) is 0 Å². The summed E-state index contributed by atoms with van der Waals surface area (Å²) in [5.74, 6) is 0. The van der Waals surface area contributed by atoms with Crippen LogP contribution in [0.15, 0.2) is 12.7 Å². The predicted molar refractivity (Wildman–Crippen MR) is 57.8 cm³/mol. The van der Waals surface area contributed by atoms with Crippen LogP contribution in [-0.4, -0.2) is 21.9 Å². The van der Waals surface area contributed by atoms with Crippen LogP contribution in [0, 0.1) is 0 Å². The quantitative estimate of drug-likeness (QED) is 0.274. The van der Waals surface area contributed by atoms with E-state index in [1.807, 2.05) is 0 Å². The first-order valence-electron chi connectivity index (χ1n) is 4.53. The maximum Gasteiger partial charge on any atom is 0.431 e. The summed E-state index contributed by atoms with van der Waals surface area (Å²) in [7, 11) is 0. The van der Waals surface area contributed by atoms with Crippen molar-refractivity contribution >= 4 is 22.6 Å². The second kappa shape index (κ2) is 5.75. The van der Waals surface area contributed by atoms with Crippen LogP contribution in [-0.2, 0) is 0 Å². The van der Waals surface area contributed by atoms with Gasteiger partial charge in [0.1, 0.15) is 0 Å². The van der Waals surface area contributed by atoms with E-state index in [4.69, 9.17) is 0 Å². The Kier molecular flexibility index (Phi) is 5.74. The largest absolute Gasteiger partial charge is 0.431 e. The summed E-state index contributed by atoms with van der Waals surface area (Å²) in [6.07, 6.45) is -11.9. The molecule has 102 valence electrons. The van der Waals surface area contributed by atoms with Gasteiger partial charge in [0.25, 0.3) is 5.67 Å². The van der Waals surface area contributed by atoms with Gasteiger partial charge in [-0.05, 0) is 12.8 Å². The summed E-state index contributed by atoms with van der Waals surface area (Å²) >= 11 is 1.38. The van der Waals surface area contributed by atoms with Crippen LogP contribution in [0.3, 0.4) is 0 Å². The number of alkyl halides is 8. The van der Waals surface area contributed by atoms with Crippen molar-refractivity contribution in [2.75, 3.05) is 0 Å². The molecule has 17 heavy (non-hydrogen) atoms. The molecule has 0 amide bonds. The van der Waals surface area contributed by atoms with Crippen molar-refractivity contribution < 1.29 is 30.7 Å². The first kappa shape index (κ1) is 17.0. The van der Waals surface area contributed by atoms with E-state index in [0.29, 0.717) is 0 Å². The molecule has 0 aromatic heterocycles. The number of hydrogen-bond acceptors (Lipinski definition) is 0. The van der Waals surface area contributed by atoms with E-state index in [9.17, 15) is 30.7 Å². The summed E-state index contributed by atoms with van der Waals surface area (Å²) in [5, 5.41) is 0. The average Bonchev–Trinajstić information content (AvgIpc) is 2.10. The highest BCUT2D eigenvalue weighted by Gasteiger charge is 2.72. The van der Waals surface area contributed by atoms with E-state index in [2.05, 4.69) is 6.58 Å². The first-order valence-corrected chi connectivity index (χ1v) is 5.77. The zero-order valence-corrected chi connectivity index (χ0v) is 10.7. The first-order chi connectivity index (χ1) is 7.45. The molecule has 0 spiro atoms. The summed E-state index contributed by atoms with van der Waals surface area (Å²) in [6.45, 7) is 3.29. The van der Waals surface area contributed by atoms with Gasteiger partial charge >= 0.3 is 12.4 Å². The van der Waals surface area contributed by atoms with Crippen LogP contribution in [0.2, 0.25) is 0 Å². The Morgan fingerprint density at radius 2 is 1.41 bits per heavy atom. The maximum atomic E-state index is 13.2. The molecule has 0 aromatic rings. The lowest BCUT2D eigenvalue weighted by Crippen LogP contribution is -2.54. The average molecular weight is 378 g/mol. The molecule has 0 radical (unpaired) electrons. The molecule has 0 aliphatic heterocycles. The van der Waals surface area contributed by atoms with E-state index in [1.54, 1.807) is 0 Å². The second-order valence-corrected chi connectivity index (χ2v) is 5.23. The molecule has 1 unspecified atom stereocenters. The molecular formula is C9H10F7I. The molecule has 0 aliphatic rings. The van der Waals surface area contributed by atoms with Gasteiger partial charge < -0.3 is 0 Å². The van der Waals surface area contributed by atoms with Crippen LogP contribution < -0.4 is 0 Å². The normalized spacial score (nSPS) is 15.8. The van der Waals surface area contributed by atoms with Gasteiger partial charge in [-0.25, -0.2) is 4.39 Å². The van der Waals surface area contributed by atoms with Crippen LogP contribution in [0.25, 0.3) is 0 Å². The van der Waals surface area contributed by atoms with Crippen molar-refractivity contribution in [2.24, 2.45) is 0 Å². The molecule has 0 N–H and O–H groups in total. The number of allylic oxidation sites excluding steroid dienone is 1. The zero-order valence-electron chi connectivity index (χ0n) is 8.51. The van der Waals surface area contributed by atoms with Gasteiger partial charge in [-0.15, -0.1) is 6.58 Å². The summed E-state index contributed by atoms with van der Waals surface area (Å²) < 4.78 is 85.1. The second-order valence-electron chi connectivity index (χ2n) is 3.46. The molecule has 0 aromatic carbocycles. The fourth-order valence-electron chi connectivity index (χ4n) is 1.10. The van der Waals surface area contributed by atoms with Gasteiger partial charge in [0.15, 0.2) is 0 Å². The van der Waals surface area contributed by atoms with Crippen molar-refractivity contribution in [3.05, 3.63) is 12.7 Å². The molecule has 0 rings (SSSR count). The van der Waals surface area contributed by atoms with E-state index >= 15 is 0 Å². The molecule has 0 nitrogen and oxygen atoms in total. The molecule has 0 saturated carbocycles. The van der Waals surface area contributed by atoms with Crippen molar-refractivity contribution in [3.63, 3.8) is 0 Å². The molecule has 0 bridgehead atoms. The van der Waals surface area contributed by atoms with Crippen molar-refractivity contribution in [3.8, 4) is 0 Å². The van der Waals surface area contributed by atoms with Crippen LogP contribution >= 0.6 is 22.6 Å². The number of rotatable bonds is 5. The van der Waals surface area contributed by atoms with Crippen molar-refractivity contribution in [2.45, 2.75) is 41.2 Å². The third-order valence-electron chi connectivity index (χ3n) is 2.09. The highest BCUT2D eigenvalue weighted by atomic mass is 127. The van der Waals surface area contributed by atoms with Gasteiger partial charge in [0.2, 0.25) is 0 Å². The maximum absolute atomic E-state index is 13.2. The summed E-state index contributed by atoms with van der Waals surface area (Å²) in [4.78, 5) is 0. The van der Waals surface area contributed by atoms with E-state index < -0.39 is 28.4 Å². The summed E-state index contributed by atoms with van der Waals surface area (Å²) in [6, 6.07) is 0. The number of halogens is 8. The molecule has 0 heterocycles. The third kappa shape index (κ3) is 4.29. The van der Waals surface area contributed by atoms with Crippen molar-refractivity contribution in [1.29, 1.82) is 0 Å². The highest BCUT2D eigenvalue weighted by Crippen LogP contribution is 2.50. The Labute approximate surface area is 107 Å². The number of hydrogen-bond donors (Lipinski definition) is 0. The van der Waals surface area contributed by atoms with Gasteiger partial charge in [-0.2, -0.15) is 26.3 Å². The van der Waals surface area contributed by atoms with E-state index in [0.717, 1.165) is 0 Å². The van der Waals surface area contributed by atoms with Crippen LogP contribution in [0.4, 0.5) is 30.7 Å². The predicted octanol–water partition coefficient (Wildman–Crippen LogP) is 4.98. The van der Waals surface area contributed by atoms with Gasteiger partial charge in [-0.1, -0.05) is 28.7 Å². The lowest BCUT2D eigenvalue weighted by molar-refractivity contribution is -0.342. The van der Waals surface area contributed by atoms with Gasteiger partial charge in [0.05, 0.1) is 0 Å². The Balaban J connectivity index is 4.92. The highest BCUT2D eigenvalue weighted by molar-refractivity contribution is 14.1. The van der Waals surface area contributed by atoms with Gasteiger partial charge in [-0.3, -0.25) is 0 Å². The Morgan fingerprint density at radius 3 is 1.71 bits per heavy atom. The van der Waals surface area contributed by atoms with Gasteiger partial charge in [0, 0.05) is 10.3 Å². The molecule has 8 heteroatoms. The zero-order chi connectivity index (χ0) is 13.9. The van der Waals surface area contributed by atoms with Crippen LogP contribution in [0.5, 0.6) is 0 Å². The topological polar surface area (TPSA) is 0 Å². The van der Waals surface area contributed by atoms with E-state index in [1.165, 1.54) is 28.7 Å². The van der Waals surface area contributed by atoms with E-state index in [-0.39, 0.29) is 12.8 Å². The Hall–Kier alpha value is -0.0200. The Bertz CT molecular complexity index is 241. The molecule has 1 atom stereocenters. The molecular weight excluding hydrogens is 368 g/mol. The lowest BCUT2D eigenvalue weighted by atomic mass is 9.96. The monoisotopic (exact) mass is 378 g/mol. The van der Waals surface area contributed by atoms with Crippen LogP contribution in [0.1, 0.15) is 19.3 Å².